The zero-order chi connectivity index (χ0) is 12.4. The predicted octanol–water partition coefficient (Wildman–Crippen LogP) is 0.883. The zero-order valence-electron chi connectivity index (χ0n) is 10.2. The number of nitrogens with zero attached hydrogens (tertiary/aromatic N) is 1. The fraction of sp³-hybridized carbons (Fsp3) is 0.462. The molecule has 1 fully saturated rings. The summed E-state index contributed by atoms with van der Waals surface area (Å²) in [6, 6.07) is 6.19. The highest BCUT2D eigenvalue weighted by molar-refractivity contribution is 6.00. The number of anilines is 2. The van der Waals surface area contributed by atoms with Gasteiger partial charge in [-0.25, -0.2) is 0 Å². The van der Waals surface area contributed by atoms with Gasteiger partial charge in [-0.2, -0.15) is 0 Å². The van der Waals surface area contributed by atoms with Crippen molar-refractivity contribution < 1.29 is 9.53 Å². The van der Waals surface area contributed by atoms with Crippen molar-refractivity contribution >= 4 is 17.3 Å². The molecular weight excluding hydrogens is 230 g/mol. The maximum Gasteiger partial charge on any atom is 0.243 e. The molecule has 1 aromatic carbocycles. The molecule has 0 atom stereocenters. The van der Waals surface area contributed by atoms with E-state index in [-0.39, 0.29) is 5.91 Å². The van der Waals surface area contributed by atoms with Crippen LogP contribution < -0.4 is 10.6 Å². The molecule has 1 amide bonds. The topological polar surface area (TPSA) is 53.6 Å². The highest BCUT2D eigenvalue weighted by Gasteiger charge is 2.15. The number of ether oxygens (including phenoxy) is 1. The van der Waals surface area contributed by atoms with E-state index in [2.05, 4.69) is 27.7 Å². The Morgan fingerprint density at radius 1 is 1.22 bits per heavy atom. The monoisotopic (exact) mass is 247 g/mol. The number of hydrogen-bond acceptors (Lipinski definition) is 4. The van der Waals surface area contributed by atoms with Crippen LogP contribution in [-0.2, 0) is 16.1 Å². The number of carbonyl (C=O) groups is 1. The Hall–Kier alpha value is -1.59. The normalized spacial score (nSPS) is 19.9. The second-order valence-electron chi connectivity index (χ2n) is 4.67. The minimum atomic E-state index is 0.0195. The first kappa shape index (κ1) is 11.5. The molecular formula is C13H17N3O2. The Morgan fingerprint density at radius 3 is 2.89 bits per heavy atom. The van der Waals surface area contributed by atoms with Gasteiger partial charge in [0.25, 0.3) is 0 Å². The Bertz CT molecular complexity index is 456. The first-order valence-corrected chi connectivity index (χ1v) is 6.28. The number of rotatable bonds is 2. The van der Waals surface area contributed by atoms with Crippen molar-refractivity contribution in [2.24, 2.45) is 0 Å². The van der Waals surface area contributed by atoms with Gasteiger partial charge in [0.15, 0.2) is 0 Å². The van der Waals surface area contributed by atoms with Crippen molar-refractivity contribution in [1.29, 1.82) is 0 Å². The lowest BCUT2D eigenvalue weighted by molar-refractivity contribution is -0.114. The van der Waals surface area contributed by atoms with Gasteiger partial charge in [-0.1, -0.05) is 6.07 Å². The van der Waals surface area contributed by atoms with E-state index in [9.17, 15) is 4.79 Å². The highest BCUT2D eigenvalue weighted by Crippen LogP contribution is 2.26. The second kappa shape index (κ2) is 4.96. The smallest absolute Gasteiger partial charge is 0.243 e. The summed E-state index contributed by atoms with van der Waals surface area (Å²) in [5, 5.41) is 5.99. The quantitative estimate of drug-likeness (QED) is 0.814. The molecule has 1 aromatic rings. The lowest BCUT2D eigenvalue weighted by Gasteiger charge is -2.27. The molecule has 0 spiro atoms. The third-order valence-electron chi connectivity index (χ3n) is 3.31. The van der Waals surface area contributed by atoms with Gasteiger partial charge in [0.2, 0.25) is 5.91 Å². The maximum absolute atomic E-state index is 11.3. The third-order valence-corrected chi connectivity index (χ3v) is 3.31. The first-order valence-electron chi connectivity index (χ1n) is 6.28. The molecule has 5 nitrogen and oxygen atoms in total. The number of morpholine rings is 1. The first-order chi connectivity index (χ1) is 8.81. The summed E-state index contributed by atoms with van der Waals surface area (Å²) in [4.78, 5) is 13.7. The SMILES string of the molecule is O=C1CNc2ccc(CN3CCOCC3)cc2N1. The van der Waals surface area contributed by atoms with Gasteiger partial charge < -0.3 is 15.4 Å². The molecule has 18 heavy (non-hydrogen) atoms. The molecule has 1 saturated heterocycles. The number of hydrogen-bond donors (Lipinski definition) is 2. The van der Waals surface area contributed by atoms with Crippen LogP contribution in [0.4, 0.5) is 11.4 Å². The van der Waals surface area contributed by atoms with E-state index in [0.29, 0.717) is 6.54 Å². The molecule has 0 saturated carbocycles. The Balaban J connectivity index is 1.73. The average Bonchev–Trinajstić information content (AvgIpc) is 2.39. The van der Waals surface area contributed by atoms with Gasteiger partial charge in [-0.05, 0) is 17.7 Å². The number of benzene rings is 1. The Morgan fingerprint density at radius 2 is 2.06 bits per heavy atom. The van der Waals surface area contributed by atoms with Gasteiger partial charge in [0, 0.05) is 19.6 Å². The molecule has 0 radical (unpaired) electrons. The van der Waals surface area contributed by atoms with Crippen LogP contribution in [0.2, 0.25) is 0 Å². The fourth-order valence-electron chi connectivity index (χ4n) is 2.33. The van der Waals surface area contributed by atoms with Gasteiger partial charge in [0.05, 0.1) is 31.1 Å². The van der Waals surface area contributed by atoms with Crippen molar-refractivity contribution in [2.75, 3.05) is 43.5 Å². The van der Waals surface area contributed by atoms with Gasteiger partial charge in [-0.15, -0.1) is 0 Å². The van der Waals surface area contributed by atoms with Crippen molar-refractivity contribution in [2.45, 2.75) is 6.54 Å². The maximum atomic E-state index is 11.3. The molecule has 2 aliphatic rings. The lowest BCUT2D eigenvalue weighted by Crippen LogP contribution is -2.35. The fourth-order valence-corrected chi connectivity index (χ4v) is 2.33. The largest absolute Gasteiger partial charge is 0.379 e. The van der Waals surface area contributed by atoms with E-state index in [0.717, 1.165) is 44.2 Å². The summed E-state index contributed by atoms with van der Waals surface area (Å²) in [5.41, 5.74) is 3.11. The molecule has 2 N–H and O–H groups in total. The molecule has 0 unspecified atom stereocenters. The van der Waals surface area contributed by atoms with E-state index in [1.54, 1.807) is 0 Å². The number of carbonyl (C=O) groups excluding carboxylic acids is 1. The van der Waals surface area contributed by atoms with Crippen LogP contribution in [0, 0.1) is 0 Å². The molecule has 96 valence electrons. The van der Waals surface area contributed by atoms with E-state index in [1.165, 1.54) is 5.56 Å². The lowest BCUT2D eigenvalue weighted by atomic mass is 10.1. The second-order valence-corrected chi connectivity index (χ2v) is 4.67. The van der Waals surface area contributed by atoms with E-state index < -0.39 is 0 Å². The molecule has 0 aliphatic carbocycles. The van der Waals surface area contributed by atoms with Gasteiger partial charge in [0.1, 0.15) is 0 Å². The zero-order valence-corrected chi connectivity index (χ0v) is 10.2. The van der Waals surface area contributed by atoms with Crippen LogP contribution in [0.5, 0.6) is 0 Å². The molecule has 0 aromatic heterocycles. The third kappa shape index (κ3) is 2.47. The molecule has 2 heterocycles. The molecule has 5 heteroatoms. The van der Waals surface area contributed by atoms with Crippen LogP contribution in [0.3, 0.4) is 0 Å². The summed E-state index contributed by atoms with van der Waals surface area (Å²) in [6.45, 7) is 4.83. The summed E-state index contributed by atoms with van der Waals surface area (Å²) in [7, 11) is 0. The van der Waals surface area contributed by atoms with Gasteiger partial charge >= 0.3 is 0 Å². The summed E-state index contributed by atoms with van der Waals surface area (Å²) in [5.74, 6) is 0.0195. The summed E-state index contributed by atoms with van der Waals surface area (Å²) >= 11 is 0. The Kier molecular flexibility index (Phi) is 3.17. The number of nitrogens with one attached hydrogen (secondary N) is 2. The van der Waals surface area contributed by atoms with Crippen LogP contribution >= 0.6 is 0 Å². The molecule has 2 aliphatic heterocycles. The van der Waals surface area contributed by atoms with Crippen LogP contribution in [0.1, 0.15) is 5.56 Å². The minimum Gasteiger partial charge on any atom is -0.379 e. The van der Waals surface area contributed by atoms with Crippen LogP contribution in [-0.4, -0.2) is 43.7 Å². The summed E-state index contributed by atoms with van der Waals surface area (Å²) in [6.07, 6.45) is 0. The van der Waals surface area contributed by atoms with Crippen molar-refractivity contribution in [3.63, 3.8) is 0 Å². The van der Waals surface area contributed by atoms with Crippen molar-refractivity contribution in [3.05, 3.63) is 23.8 Å². The predicted molar refractivity (Wildman–Crippen MR) is 69.7 cm³/mol. The molecule has 3 rings (SSSR count). The number of fused-ring (bicyclic) bond motifs is 1. The number of amides is 1. The van der Waals surface area contributed by atoms with Gasteiger partial charge in [-0.3, -0.25) is 9.69 Å². The summed E-state index contributed by atoms with van der Waals surface area (Å²) < 4.78 is 5.33. The Labute approximate surface area is 106 Å². The highest BCUT2D eigenvalue weighted by atomic mass is 16.5. The standard InChI is InChI=1S/C13H17N3O2/c17-13-8-14-11-2-1-10(7-12(11)15-13)9-16-3-5-18-6-4-16/h1-2,7,14H,3-6,8-9H2,(H,15,17). The minimum absolute atomic E-state index is 0.0195. The van der Waals surface area contributed by atoms with Crippen LogP contribution in [0.15, 0.2) is 18.2 Å². The van der Waals surface area contributed by atoms with E-state index >= 15 is 0 Å². The molecule has 0 bridgehead atoms. The van der Waals surface area contributed by atoms with Crippen molar-refractivity contribution in [3.8, 4) is 0 Å². The van der Waals surface area contributed by atoms with Crippen molar-refractivity contribution in [1.82, 2.24) is 4.90 Å². The average molecular weight is 247 g/mol. The van der Waals surface area contributed by atoms with Crippen LogP contribution in [0.25, 0.3) is 0 Å². The van der Waals surface area contributed by atoms with E-state index in [1.807, 2.05) is 6.07 Å². The van der Waals surface area contributed by atoms with E-state index in [4.69, 9.17) is 4.74 Å².